The van der Waals surface area contributed by atoms with Crippen LogP contribution < -0.4 is 20.7 Å². The largest absolute Gasteiger partial charge is 0.496 e. The van der Waals surface area contributed by atoms with Crippen LogP contribution in [0.4, 0.5) is 0 Å². The molecule has 1 atom stereocenters. The molecule has 0 bridgehead atoms. The topological polar surface area (TPSA) is 78.0 Å². The Labute approximate surface area is 210 Å². The number of amides is 1. The molecule has 8 heteroatoms. The normalized spacial score (nSPS) is 18.5. The zero-order valence-corrected chi connectivity index (χ0v) is 21.9. The maximum atomic E-state index is 12.3. The highest BCUT2D eigenvalue weighted by Gasteiger charge is 2.26. The van der Waals surface area contributed by atoms with Crippen LogP contribution in [0.1, 0.15) is 56.6 Å². The van der Waals surface area contributed by atoms with Gasteiger partial charge in [0.25, 0.3) is 0 Å². The van der Waals surface area contributed by atoms with Crippen molar-refractivity contribution >= 4 is 35.8 Å². The minimum atomic E-state index is 0. The molecular formula is C24H40IN5O2. The first-order valence-electron chi connectivity index (χ1n) is 11.8. The maximum absolute atomic E-state index is 12.3. The van der Waals surface area contributed by atoms with Crippen LogP contribution in [-0.2, 0) is 4.79 Å². The molecule has 1 amide bonds. The van der Waals surface area contributed by atoms with E-state index in [0.717, 1.165) is 44.2 Å². The Morgan fingerprint density at radius 3 is 2.44 bits per heavy atom. The van der Waals surface area contributed by atoms with Crippen LogP contribution in [0.2, 0.25) is 0 Å². The Morgan fingerprint density at radius 2 is 1.75 bits per heavy atom. The van der Waals surface area contributed by atoms with Crippen LogP contribution in [0.3, 0.4) is 0 Å². The minimum absolute atomic E-state index is 0. The summed E-state index contributed by atoms with van der Waals surface area (Å²) < 4.78 is 5.63. The summed E-state index contributed by atoms with van der Waals surface area (Å²) in [5.41, 5.74) is 1.20. The number of nitrogens with one attached hydrogen (secondary N) is 3. The number of nitrogens with zero attached hydrogens (tertiary/aromatic N) is 2. The van der Waals surface area contributed by atoms with Crippen molar-refractivity contribution in [2.75, 3.05) is 46.9 Å². The summed E-state index contributed by atoms with van der Waals surface area (Å²) in [6.07, 6.45) is 8.15. The molecule has 2 fully saturated rings. The number of likely N-dealkylation sites (tertiary alicyclic amines) is 1. The molecule has 0 spiro atoms. The van der Waals surface area contributed by atoms with Gasteiger partial charge in [0.05, 0.1) is 13.2 Å². The zero-order valence-electron chi connectivity index (χ0n) is 19.6. The van der Waals surface area contributed by atoms with Crippen molar-refractivity contribution in [1.82, 2.24) is 20.9 Å². The second kappa shape index (κ2) is 14.6. The summed E-state index contributed by atoms with van der Waals surface area (Å²) in [6.45, 7) is 4.21. The lowest BCUT2D eigenvalue weighted by Crippen LogP contribution is -2.45. The highest BCUT2D eigenvalue weighted by atomic mass is 127. The Bertz CT molecular complexity index is 718. The molecule has 1 saturated heterocycles. The van der Waals surface area contributed by atoms with Crippen molar-refractivity contribution in [3.63, 3.8) is 0 Å². The van der Waals surface area contributed by atoms with Gasteiger partial charge in [-0.25, -0.2) is 0 Å². The molecule has 1 heterocycles. The third kappa shape index (κ3) is 7.79. The second-order valence-electron chi connectivity index (χ2n) is 8.51. The number of carbonyl (C=O) groups is 1. The predicted octanol–water partition coefficient (Wildman–Crippen LogP) is 3.31. The first kappa shape index (κ1) is 26.7. The smallest absolute Gasteiger partial charge is 0.223 e. The van der Waals surface area contributed by atoms with Crippen molar-refractivity contribution in [2.24, 2.45) is 10.9 Å². The highest BCUT2D eigenvalue weighted by molar-refractivity contribution is 14.0. The third-order valence-corrected chi connectivity index (χ3v) is 6.46. The monoisotopic (exact) mass is 557 g/mol. The fraction of sp³-hybridized carbons (Fsp3) is 0.667. The molecule has 1 unspecified atom stereocenters. The lowest BCUT2D eigenvalue weighted by Gasteiger charge is -2.30. The van der Waals surface area contributed by atoms with Crippen molar-refractivity contribution in [3.8, 4) is 5.75 Å². The summed E-state index contributed by atoms with van der Waals surface area (Å²) in [5, 5.41) is 9.88. The van der Waals surface area contributed by atoms with Crippen molar-refractivity contribution in [3.05, 3.63) is 29.8 Å². The Kier molecular flexibility index (Phi) is 12.2. The predicted molar refractivity (Wildman–Crippen MR) is 141 cm³/mol. The highest BCUT2D eigenvalue weighted by Crippen LogP contribution is 2.31. The van der Waals surface area contributed by atoms with Crippen molar-refractivity contribution in [2.45, 2.75) is 51.0 Å². The van der Waals surface area contributed by atoms with Crippen LogP contribution in [0.5, 0.6) is 5.75 Å². The second-order valence-corrected chi connectivity index (χ2v) is 8.51. The van der Waals surface area contributed by atoms with Gasteiger partial charge in [-0.2, -0.15) is 0 Å². The molecule has 2 aliphatic rings. The summed E-state index contributed by atoms with van der Waals surface area (Å²) in [4.78, 5) is 19.2. The standard InChI is InChI=1S/C24H39N5O2.HI/c1-25-24(27-15-14-26-23(30)19-10-4-3-5-11-19)28-18-21(29-16-8-9-17-29)20-12-6-7-13-22(20)31-2;/h6-7,12-13,19,21H,3-5,8-11,14-18H2,1-2H3,(H,26,30)(H2,25,27,28);1H. The van der Waals surface area contributed by atoms with Crippen molar-refractivity contribution in [1.29, 1.82) is 0 Å². The third-order valence-electron chi connectivity index (χ3n) is 6.46. The summed E-state index contributed by atoms with van der Waals surface area (Å²) in [6, 6.07) is 8.49. The van der Waals surface area contributed by atoms with Gasteiger partial charge in [0.1, 0.15) is 5.75 Å². The number of methoxy groups -OCH3 is 1. The first-order valence-corrected chi connectivity index (χ1v) is 11.8. The fourth-order valence-corrected chi connectivity index (χ4v) is 4.72. The number of hydrogen-bond donors (Lipinski definition) is 3. The Morgan fingerprint density at radius 1 is 1.06 bits per heavy atom. The number of ether oxygens (including phenoxy) is 1. The number of carbonyl (C=O) groups excluding carboxylic acids is 1. The molecule has 1 saturated carbocycles. The molecule has 32 heavy (non-hydrogen) atoms. The van der Waals surface area contributed by atoms with Crippen LogP contribution in [0.25, 0.3) is 0 Å². The van der Waals surface area contributed by atoms with Gasteiger partial charge in [-0.05, 0) is 44.8 Å². The molecule has 0 radical (unpaired) electrons. The van der Waals surface area contributed by atoms with Crippen LogP contribution in [-0.4, -0.2) is 63.6 Å². The molecule has 7 nitrogen and oxygen atoms in total. The lowest BCUT2D eigenvalue weighted by molar-refractivity contribution is -0.125. The van der Waals surface area contributed by atoms with E-state index in [4.69, 9.17) is 4.74 Å². The average Bonchev–Trinajstić information content (AvgIpc) is 3.36. The van der Waals surface area contributed by atoms with Gasteiger partial charge in [-0.3, -0.25) is 14.7 Å². The number of halogens is 1. The van der Waals surface area contributed by atoms with Gasteiger partial charge in [0.2, 0.25) is 5.91 Å². The minimum Gasteiger partial charge on any atom is -0.496 e. The summed E-state index contributed by atoms with van der Waals surface area (Å²) >= 11 is 0. The van der Waals surface area contributed by atoms with Crippen LogP contribution >= 0.6 is 24.0 Å². The van der Waals surface area contributed by atoms with Gasteiger partial charge in [0, 0.05) is 38.2 Å². The van der Waals surface area contributed by atoms with Crippen LogP contribution in [0, 0.1) is 5.92 Å². The van der Waals surface area contributed by atoms with Gasteiger partial charge in [-0.15, -0.1) is 24.0 Å². The van der Waals surface area contributed by atoms with Gasteiger partial charge in [-0.1, -0.05) is 37.5 Å². The Balaban J connectivity index is 0.00000363. The molecule has 1 aromatic rings. The molecule has 3 N–H and O–H groups in total. The van der Waals surface area contributed by atoms with E-state index in [0.29, 0.717) is 13.1 Å². The number of benzene rings is 1. The molecular weight excluding hydrogens is 517 g/mol. The first-order chi connectivity index (χ1) is 15.2. The van der Waals surface area contributed by atoms with Gasteiger partial charge < -0.3 is 20.7 Å². The lowest BCUT2D eigenvalue weighted by atomic mass is 9.89. The zero-order chi connectivity index (χ0) is 21.9. The van der Waals surface area contributed by atoms with Gasteiger partial charge >= 0.3 is 0 Å². The quantitative estimate of drug-likeness (QED) is 0.188. The summed E-state index contributed by atoms with van der Waals surface area (Å²) in [7, 11) is 3.51. The molecule has 1 aliphatic carbocycles. The number of para-hydroxylation sites is 1. The van der Waals surface area contributed by atoms with E-state index in [1.807, 2.05) is 12.1 Å². The van der Waals surface area contributed by atoms with Crippen molar-refractivity contribution < 1.29 is 9.53 Å². The number of aliphatic imine (C=N–C) groups is 1. The molecule has 180 valence electrons. The van der Waals surface area contributed by atoms with E-state index in [9.17, 15) is 4.79 Å². The van der Waals surface area contributed by atoms with E-state index in [2.05, 4.69) is 38.0 Å². The van der Waals surface area contributed by atoms with E-state index < -0.39 is 0 Å². The maximum Gasteiger partial charge on any atom is 0.223 e. The average molecular weight is 558 g/mol. The van der Waals surface area contributed by atoms with E-state index in [-0.39, 0.29) is 41.8 Å². The number of rotatable bonds is 9. The van der Waals surface area contributed by atoms with E-state index in [1.54, 1.807) is 14.2 Å². The molecule has 1 aromatic carbocycles. The Hall–Kier alpha value is -1.55. The summed E-state index contributed by atoms with van der Waals surface area (Å²) in [5.74, 6) is 2.09. The SMILES string of the molecule is CN=C(NCCNC(=O)C1CCCCC1)NCC(c1ccccc1OC)N1CCCC1.I. The molecule has 3 rings (SSSR count). The van der Waals surface area contributed by atoms with Gasteiger partial charge in [0.15, 0.2) is 5.96 Å². The fourth-order valence-electron chi connectivity index (χ4n) is 4.72. The van der Waals surface area contributed by atoms with Crippen LogP contribution in [0.15, 0.2) is 29.3 Å². The number of hydrogen-bond acceptors (Lipinski definition) is 4. The molecule has 1 aliphatic heterocycles. The van der Waals surface area contributed by atoms with E-state index >= 15 is 0 Å². The molecule has 0 aromatic heterocycles. The number of guanidine groups is 1. The van der Waals surface area contributed by atoms with E-state index in [1.165, 1.54) is 37.7 Å².